The number of carbonyl (C=O) groups is 1. The summed E-state index contributed by atoms with van der Waals surface area (Å²) in [7, 11) is 1.61. The Bertz CT molecular complexity index is 1660. The molecule has 0 spiro atoms. The van der Waals surface area contributed by atoms with Gasteiger partial charge in [-0.05, 0) is 12.1 Å². The van der Waals surface area contributed by atoms with Crippen LogP contribution in [0.1, 0.15) is 0 Å². The Morgan fingerprint density at radius 1 is 1.11 bits per heavy atom. The number of fused-ring (bicyclic) bond motifs is 3. The molecule has 7 rings (SSSR count). The van der Waals surface area contributed by atoms with Crippen LogP contribution in [0.15, 0.2) is 49.1 Å². The summed E-state index contributed by atoms with van der Waals surface area (Å²) in [6.45, 7) is 1.97. The predicted molar refractivity (Wildman–Crippen MR) is 130 cm³/mol. The van der Waals surface area contributed by atoms with Crippen LogP contribution in [-0.2, 0) is 4.74 Å². The lowest BCUT2D eigenvalue weighted by atomic mass is 10.1. The lowest BCUT2D eigenvalue weighted by Crippen LogP contribution is -2.24. The quantitative estimate of drug-likeness (QED) is 0.410. The molecular weight excluding hydrogens is 464 g/mol. The van der Waals surface area contributed by atoms with E-state index in [0.717, 1.165) is 16.8 Å². The second-order valence-electron chi connectivity index (χ2n) is 8.33. The summed E-state index contributed by atoms with van der Waals surface area (Å²) in [5.74, 6) is 1.76. The van der Waals surface area contributed by atoms with Crippen molar-refractivity contribution in [3.63, 3.8) is 0 Å². The van der Waals surface area contributed by atoms with Crippen molar-refractivity contribution in [2.75, 3.05) is 43.6 Å². The van der Waals surface area contributed by atoms with Crippen molar-refractivity contribution < 1.29 is 19.0 Å². The topological polar surface area (TPSA) is 121 Å². The maximum absolute atomic E-state index is 12.4. The van der Waals surface area contributed by atoms with Gasteiger partial charge in [-0.15, -0.1) is 5.10 Å². The third kappa shape index (κ3) is 3.04. The molecule has 180 valence electrons. The van der Waals surface area contributed by atoms with Crippen molar-refractivity contribution in [2.24, 2.45) is 0 Å². The lowest BCUT2D eigenvalue weighted by molar-refractivity contribution is 0.181. The number of aromatic nitrogens is 6. The molecule has 2 aliphatic rings. The number of hydrogen-bond donors (Lipinski definition) is 1. The van der Waals surface area contributed by atoms with Gasteiger partial charge < -0.3 is 19.5 Å². The van der Waals surface area contributed by atoms with Gasteiger partial charge in [0.1, 0.15) is 30.4 Å². The molecule has 12 nitrogen and oxygen atoms in total. The van der Waals surface area contributed by atoms with Crippen molar-refractivity contribution in [3.05, 3.63) is 49.1 Å². The average Bonchev–Trinajstić information content (AvgIpc) is 3.64. The summed E-state index contributed by atoms with van der Waals surface area (Å²) in [4.78, 5) is 23.1. The largest absolute Gasteiger partial charge is 0.494 e. The smallest absolute Gasteiger partial charge is 0.415 e. The number of methoxy groups -OCH3 is 1. The minimum absolute atomic E-state index is 0.300. The molecule has 0 saturated carbocycles. The van der Waals surface area contributed by atoms with Gasteiger partial charge in [0.05, 0.1) is 47.7 Å². The van der Waals surface area contributed by atoms with Gasteiger partial charge in [0.25, 0.3) is 0 Å². The molecule has 0 unspecified atom stereocenters. The van der Waals surface area contributed by atoms with Crippen molar-refractivity contribution in [3.8, 4) is 28.4 Å². The molecule has 0 atom stereocenters. The first-order valence-corrected chi connectivity index (χ1v) is 11.4. The van der Waals surface area contributed by atoms with Gasteiger partial charge in [0, 0.05) is 37.3 Å². The third-order valence-electron chi connectivity index (χ3n) is 6.30. The Hall–Kier alpha value is -4.87. The highest BCUT2D eigenvalue weighted by Gasteiger charge is 2.30. The van der Waals surface area contributed by atoms with E-state index in [1.54, 1.807) is 34.9 Å². The van der Waals surface area contributed by atoms with Crippen molar-refractivity contribution in [2.45, 2.75) is 0 Å². The van der Waals surface area contributed by atoms with E-state index in [9.17, 15) is 4.79 Å². The number of benzene rings is 1. The van der Waals surface area contributed by atoms with Crippen LogP contribution in [0.4, 0.5) is 16.3 Å². The van der Waals surface area contributed by atoms with Gasteiger partial charge in [0.2, 0.25) is 0 Å². The minimum Gasteiger partial charge on any atom is -0.494 e. The predicted octanol–water partition coefficient (Wildman–Crippen LogP) is 2.90. The van der Waals surface area contributed by atoms with Crippen LogP contribution in [0.5, 0.6) is 11.5 Å². The van der Waals surface area contributed by atoms with E-state index in [4.69, 9.17) is 19.3 Å². The number of nitrogens with zero attached hydrogens (tertiary/aromatic N) is 7. The molecular formula is C24H20N8O4. The zero-order valence-corrected chi connectivity index (χ0v) is 19.2. The lowest BCUT2D eigenvalue weighted by Gasteiger charge is -2.21. The van der Waals surface area contributed by atoms with Crippen LogP contribution in [0, 0.1) is 0 Å². The van der Waals surface area contributed by atoms with Gasteiger partial charge in [-0.25, -0.2) is 19.0 Å². The molecule has 1 amide bonds. The highest BCUT2D eigenvalue weighted by atomic mass is 16.6. The van der Waals surface area contributed by atoms with E-state index >= 15 is 0 Å². The SMILES string of the molecule is COc1cc2c(cc1-n1nc(N3CCOC3=O)c3cnc(-c4cnn5cccnc45)cc31)OCCN2. The molecule has 1 saturated heterocycles. The molecule has 1 fully saturated rings. The van der Waals surface area contributed by atoms with Gasteiger partial charge in [-0.2, -0.15) is 5.10 Å². The van der Waals surface area contributed by atoms with Gasteiger partial charge in [-0.3, -0.25) is 9.88 Å². The summed E-state index contributed by atoms with van der Waals surface area (Å²) in [5.41, 5.74) is 4.37. The number of carbonyl (C=O) groups excluding carboxylic acids is 1. The molecule has 12 heteroatoms. The second-order valence-corrected chi connectivity index (χ2v) is 8.33. The Balaban J connectivity index is 1.48. The van der Waals surface area contributed by atoms with Crippen LogP contribution in [0.25, 0.3) is 33.5 Å². The molecule has 0 bridgehead atoms. The third-order valence-corrected chi connectivity index (χ3v) is 6.30. The summed E-state index contributed by atoms with van der Waals surface area (Å²) in [6, 6.07) is 7.50. The summed E-state index contributed by atoms with van der Waals surface area (Å²) >= 11 is 0. The molecule has 1 N–H and O–H groups in total. The number of rotatable bonds is 4. The van der Waals surface area contributed by atoms with E-state index in [-0.39, 0.29) is 0 Å². The number of nitrogens with one attached hydrogen (secondary N) is 1. The fourth-order valence-electron chi connectivity index (χ4n) is 4.60. The molecule has 2 aliphatic heterocycles. The van der Waals surface area contributed by atoms with Gasteiger partial charge in [0.15, 0.2) is 11.5 Å². The average molecular weight is 484 g/mol. The maximum atomic E-state index is 12.4. The highest BCUT2D eigenvalue weighted by Crippen LogP contribution is 2.40. The fourth-order valence-corrected chi connectivity index (χ4v) is 4.60. The second kappa shape index (κ2) is 7.83. The summed E-state index contributed by atoms with van der Waals surface area (Å²) in [5, 5.41) is 13.3. The number of anilines is 2. The first-order valence-electron chi connectivity index (χ1n) is 11.4. The summed E-state index contributed by atoms with van der Waals surface area (Å²) in [6.07, 6.45) is 6.55. The molecule has 1 aromatic carbocycles. The Kier molecular flexibility index (Phi) is 4.46. The zero-order chi connectivity index (χ0) is 24.2. The Labute approximate surface area is 204 Å². The molecule has 4 aromatic heterocycles. The van der Waals surface area contributed by atoms with Gasteiger partial charge in [-0.1, -0.05) is 0 Å². The fraction of sp³-hybridized carbons (Fsp3) is 0.208. The van der Waals surface area contributed by atoms with Crippen molar-refractivity contribution >= 4 is 34.1 Å². The van der Waals surface area contributed by atoms with Crippen LogP contribution < -0.4 is 19.7 Å². The number of hydrogen-bond acceptors (Lipinski definition) is 9. The molecule has 0 aliphatic carbocycles. The molecule has 5 aromatic rings. The standard InChI is InChI=1S/C24H20N8O4/c1-34-21-10-17-20(35-7-4-25-17)11-19(21)32-18-9-16(14-13-28-31-5-2-3-26-22(14)31)27-12-15(18)23(29-32)30-6-8-36-24(30)33/h2-3,5,9-13,25H,4,6-8H2,1H3. The van der Waals surface area contributed by atoms with E-state index < -0.39 is 6.09 Å². The number of amides is 1. The van der Waals surface area contributed by atoms with Crippen molar-refractivity contribution in [1.29, 1.82) is 0 Å². The normalized spacial score (nSPS) is 15.0. The van der Waals surface area contributed by atoms with Crippen LogP contribution in [-0.4, -0.2) is 68.9 Å². The van der Waals surface area contributed by atoms with E-state index in [1.165, 1.54) is 4.90 Å². The molecule has 0 radical (unpaired) electrons. The highest BCUT2D eigenvalue weighted by molar-refractivity contribution is 6.01. The Morgan fingerprint density at radius 2 is 2.06 bits per heavy atom. The zero-order valence-electron chi connectivity index (χ0n) is 19.2. The molecule has 36 heavy (non-hydrogen) atoms. The first-order chi connectivity index (χ1) is 17.7. The maximum Gasteiger partial charge on any atom is 0.415 e. The minimum atomic E-state index is -0.442. The van der Waals surface area contributed by atoms with Crippen LogP contribution in [0.2, 0.25) is 0 Å². The van der Waals surface area contributed by atoms with E-state index in [0.29, 0.717) is 66.0 Å². The van der Waals surface area contributed by atoms with Crippen molar-refractivity contribution in [1.82, 2.24) is 29.4 Å². The van der Waals surface area contributed by atoms with E-state index in [2.05, 4.69) is 20.4 Å². The monoisotopic (exact) mass is 484 g/mol. The van der Waals surface area contributed by atoms with Crippen LogP contribution >= 0.6 is 0 Å². The first kappa shape index (κ1) is 20.5. The van der Waals surface area contributed by atoms with E-state index in [1.807, 2.05) is 30.5 Å². The Morgan fingerprint density at radius 3 is 2.92 bits per heavy atom. The number of ether oxygens (including phenoxy) is 3. The molecule has 6 heterocycles. The van der Waals surface area contributed by atoms with Crippen LogP contribution in [0.3, 0.4) is 0 Å². The van der Waals surface area contributed by atoms with Gasteiger partial charge >= 0.3 is 6.09 Å². The number of cyclic esters (lactones) is 1. The summed E-state index contributed by atoms with van der Waals surface area (Å²) < 4.78 is 20.2. The number of pyridine rings is 1.